The van der Waals surface area contributed by atoms with Crippen molar-refractivity contribution in [3.63, 3.8) is 0 Å². The zero-order chi connectivity index (χ0) is 15.1. The van der Waals surface area contributed by atoms with Crippen molar-refractivity contribution < 1.29 is 22.8 Å². The number of nitrogens with one attached hydrogen (secondary N) is 1. The van der Waals surface area contributed by atoms with Crippen LogP contribution < -0.4 is 5.32 Å². The number of amides is 1. The van der Waals surface area contributed by atoms with Crippen molar-refractivity contribution in [3.05, 3.63) is 0 Å². The van der Waals surface area contributed by atoms with Gasteiger partial charge in [0.15, 0.2) is 0 Å². The van der Waals surface area contributed by atoms with E-state index in [1.54, 1.807) is 0 Å². The molecule has 1 N–H and O–H groups in total. The fourth-order valence-electron chi connectivity index (χ4n) is 0.879. The number of oxime groups is 1. The second-order valence-corrected chi connectivity index (χ2v) is 5.94. The van der Waals surface area contributed by atoms with Gasteiger partial charge in [0.05, 0.1) is 12.1 Å². The van der Waals surface area contributed by atoms with Crippen molar-refractivity contribution in [3.8, 4) is 0 Å². The van der Waals surface area contributed by atoms with Crippen molar-refractivity contribution in [1.82, 2.24) is 5.32 Å². The number of carbonyl (C=O) groups is 1. The summed E-state index contributed by atoms with van der Waals surface area (Å²) in [4.78, 5) is 15.5. The number of carbonyl (C=O) groups excluding carboxylic acids is 1. The quantitative estimate of drug-likeness (QED) is 0.366. The van der Waals surface area contributed by atoms with Crippen molar-refractivity contribution in [2.45, 2.75) is 33.4 Å². The molecule has 8 heteroatoms. The van der Waals surface area contributed by atoms with Crippen LogP contribution in [0.15, 0.2) is 5.16 Å². The zero-order valence-electron chi connectivity index (χ0n) is 11.4. The molecule has 0 aromatic rings. The van der Waals surface area contributed by atoms with Crippen molar-refractivity contribution >= 4 is 23.6 Å². The third kappa shape index (κ3) is 9.63. The number of alkyl halides is 3. The second-order valence-electron chi connectivity index (χ2n) is 4.83. The third-order valence-electron chi connectivity index (χ3n) is 2.08. The Kier molecular flexibility index (Phi) is 7.25. The van der Waals surface area contributed by atoms with E-state index in [1.807, 2.05) is 20.8 Å². The van der Waals surface area contributed by atoms with E-state index in [0.29, 0.717) is 5.71 Å². The molecule has 0 saturated heterocycles. The first-order chi connectivity index (χ1) is 8.56. The number of hydrogen-bond donors (Lipinski definition) is 1. The lowest BCUT2D eigenvalue weighted by atomic mass is 9.91. The molecule has 112 valence electrons. The maximum atomic E-state index is 12.0. The number of nitrogens with zero attached hydrogens (tertiary/aromatic N) is 1. The van der Waals surface area contributed by atoms with E-state index in [1.165, 1.54) is 7.05 Å². The minimum atomic E-state index is -4.15. The van der Waals surface area contributed by atoms with Gasteiger partial charge in [0, 0.05) is 24.0 Å². The Labute approximate surface area is 115 Å². The summed E-state index contributed by atoms with van der Waals surface area (Å²) in [6.07, 6.45) is -5.70. The van der Waals surface area contributed by atoms with Crippen molar-refractivity contribution in [2.24, 2.45) is 10.6 Å². The maximum absolute atomic E-state index is 12.0. The highest BCUT2D eigenvalue weighted by Gasteiger charge is 2.27. The molecule has 0 unspecified atom stereocenters. The molecule has 0 heterocycles. The lowest BCUT2D eigenvalue weighted by Crippen LogP contribution is -2.25. The summed E-state index contributed by atoms with van der Waals surface area (Å²) >= 11 is 1.11. The average molecular weight is 300 g/mol. The van der Waals surface area contributed by atoms with Gasteiger partial charge in [-0.1, -0.05) is 25.9 Å². The molecule has 0 aliphatic heterocycles. The van der Waals surface area contributed by atoms with Crippen LogP contribution in [-0.2, 0) is 4.84 Å². The summed E-state index contributed by atoms with van der Waals surface area (Å²) in [5, 5.41) is 5.94. The number of rotatable bonds is 5. The molecule has 0 aliphatic rings. The molecule has 0 aromatic heterocycles. The standard InChI is InChI=1S/C11H19F3N2O2S/c1-10(2,3)8(16-18-9(17)15-4)7-19-6-5-11(12,13)14/h5-7H2,1-4H3,(H,15,17)/b16-8-. The molecule has 19 heavy (non-hydrogen) atoms. The van der Waals surface area contributed by atoms with E-state index in [-0.39, 0.29) is 16.9 Å². The Morgan fingerprint density at radius 3 is 2.32 bits per heavy atom. The highest BCUT2D eigenvalue weighted by molar-refractivity contribution is 7.99. The van der Waals surface area contributed by atoms with Crippen LogP contribution in [0.25, 0.3) is 0 Å². The van der Waals surface area contributed by atoms with Crippen molar-refractivity contribution in [1.29, 1.82) is 0 Å². The lowest BCUT2D eigenvalue weighted by molar-refractivity contribution is -0.129. The van der Waals surface area contributed by atoms with Crippen LogP contribution in [0.2, 0.25) is 0 Å². The molecule has 0 atom stereocenters. The van der Waals surface area contributed by atoms with Crippen LogP contribution in [0.4, 0.5) is 18.0 Å². The largest absolute Gasteiger partial charge is 0.433 e. The van der Waals surface area contributed by atoms with Gasteiger partial charge in [0.2, 0.25) is 0 Å². The zero-order valence-corrected chi connectivity index (χ0v) is 12.2. The SMILES string of the molecule is CNC(=O)O/N=C(/CSCCC(F)(F)F)C(C)(C)C. The van der Waals surface area contributed by atoms with E-state index >= 15 is 0 Å². The van der Waals surface area contributed by atoms with Gasteiger partial charge in [0.25, 0.3) is 0 Å². The van der Waals surface area contributed by atoms with Gasteiger partial charge < -0.3 is 5.32 Å². The lowest BCUT2D eigenvalue weighted by Gasteiger charge is -2.20. The van der Waals surface area contributed by atoms with Gasteiger partial charge in [-0.3, -0.25) is 4.84 Å². The Balaban J connectivity index is 4.35. The molecule has 0 aromatic carbocycles. The smallest absolute Gasteiger partial charge is 0.323 e. The molecule has 0 radical (unpaired) electrons. The summed E-state index contributed by atoms with van der Waals surface area (Å²) in [6, 6.07) is 0. The summed E-state index contributed by atoms with van der Waals surface area (Å²) in [5.41, 5.74) is 0.155. The highest BCUT2D eigenvalue weighted by Crippen LogP contribution is 2.24. The van der Waals surface area contributed by atoms with Gasteiger partial charge >= 0.3 is 12.3 Å². The third-order valence-corrected chi connectivity index (χ3v) is 3.05. The maximum Gasteiger partial charge on any atom is 0.433 e. The number of halogens is 3. The van der Waals surface area contributed by atoms with Crippen LogP contribution in [-0.4, -0.2) is 36.5 Å². The second kappa shape index (κ2) is 7.62. The Hall–Kier alpha value is -0.920. The Morgan fingerprint density at radius 2 is 1.89 bits per heavy atom. The molecular weight excluding hydrogens is 281 g/mol. The molecule has 0 fully saturated rings. The first kappa shape index (κ1) is 18.1. The monoisotopic (exact) mass is 300 g/mol. The highest BCUT2D eigenvalue weighted by atomic mass is 32.2. The topological polar surface area (TPSA) is 50.7 Å². The van der Waals surface area contributed by atoms with Gasteiger partial charge in [0.1, 0.15) is 0 Å². The summed E-state index contributed by atoms with van der Waals surface area (Å²) in [6.45, 7) is 5.55. The number of thioether (sulfide) groups is 1. The number of hydrogen-bond acceptors (Lipinski definition) is 4. The summed E-state index contributed by atoms with van der Waals surface area (Å²) < 4.78 is 36.0. The van der Waals surface area contributed by atoms with Crippen LogP contribution in [0.1, 0.15) is 27.2 Å². The molecular formula is C11H19F3N2O2S. The van der Waals surface area contributed by atoms with Gasteiger partial charge in [-0.2, -0.15) is 24.9 Å². The molecule has 0 saturated carbocycles. The van der Waals surface area contributed by atoms with E-state index in [0.717, 1.165) is 11.8 Å². The minimum Gasteiger partial charge on any atom is -0.323 e. The summed E-state index contributed by atoms with van der Waals surface area (Å²) in [5.74, 6) is 0.245. The van der Waals surface area contributed by atoms with E-state index < -0.39 is 18.7 Å². The fraction of sp³-hybridized carbons (Fsp3) is 0.818. The molecule has 4 nitrogen and oxygen atoms in total. The normalized spacial score (nSPS) is 13.3. The molecule has 0 spiro atoms. The predicted octanol–water partition coefficient (Wildman–Crippen LogP) is 3.43. The van der Waals surface area contributed by atoms with Gasteiger partial charge in [-0.05, 0) is 0 Å². The van der Waals surface area contributed by atoms with Gasteiger partial charge in [-0.15, -0.1) is 0 Å². The van der Waals surface area contributed by atoms with Crippen LogP contribution in [0, 0.1) is 5.41 Å². The summed E-state index contributed by atoms with van der Waals surface area (Å²) in [7, 11) is 1.40. The molecule has 1 amide bonds. The molecule has 0 aliphatic carbocycles. The van der Waals surface area contributed by atoms with Gasteiger partial charge in [-0.25, -0.2) is 4.79 Å². The first-order valence-electron chi connectivity index (χ1n) is 5.67. The van der Waals surface area contributed by atoms with E-state index in [9.17, 15) is 18.0 Å². The van der Waals surface area contributed by atoms with Crippen molar-refractivity contribution in [2.75, 3.05) is 18.6 Å². The average Bonchev–Trinajstić information content (AvgIpc) is 2.24. The van der Waals surface area contributed by atoms with E-state index in [2.05, 4.69) is 15.3 Å². The Morgan fingerprint density at radius 1 is 1.32 bits per heavy atom. The minimum absolute atomic E-state index is 0.0431. The van der Waals surface area contributed by atoms with Crippen LogP contribution in [0.5, 0.6) is 0 Å². The predicted molar refractivity (Wildman–Crippen MR) is 70.4 cm³/mol. The molecule has 0 rings (SSSR count). The van der Waals surface area contributed by atoms with E-state index in [4.69, 9.17) is 0 Å². The fourth-order valence-corrected chi connectivity index (χ4v) is 2.08. The van der Waals surface area contributed by atoms with Crippen LogP contribution >= 0.6 is 11.8 Å². The first-order valence-corrected chi connectivity index (χ1v) is 6.82. The molecule has 0 bridgehead atoms. The van der Waals surface area contributed by atoms with Crippen LogP contribution in [0.3, 0.4) is 0 Å². The Bertz CT molecular complexity index is 325.